The number of alkyl carbamates (subject to hydrolysis) is 1. The third-order valence-corrected chi connectivity index (χ3v) is 5.98. The predicted octanol–water partition coefficient (Wildman–Crippen LogP) is 4.07. The van der Waals surface area contributed by atoms with Crippen molar-refractivity contribution in [3.05, 3.63) is 48.6 Å². The van der Waals surface area contributed by atoms with Crippen molar-refractivity contribution in [2.45, 2.75) is 57.5 Å². The number of ether oxygens (including phenoxy) is 6. The van der Waals surface area contributed by atoms with Gasteiger partial charge in [-0.25, -0.2) is 4.79 Å². The third kappa shape index (κ3) is 12.1. The number of esters is 1. The summed E-state index contributed by atoms with van der Waals surface area (Å²) in [6.07, 6.45) is 8.43. The topological polar surface area (TPSA) is 123 Å². The van der Waals surface area contributed by atoms with Gasteiger partial charge in [0.1, 0.15) is 43.0 Å². The first kappa shape index (κ1) is 32.6. The zero-order chi connectivity index (χ0) is 29.2. The SMILES string of the molecule is CCCNC(=O)OC[C@H]1O[C@H](CCON=C[C@@H](OC)[C@H](C)C=CCC(=O)OC)C=C[C@@H]1Oc1ccc(OC)cc1. The molecule has 0 aromatic heterocycles. The minimum Gasteiger partial charge on any atom is -0.497 e. The number of hydrogen-bond donors (Lipinski definition) is 1. The molecule has 0 saturated carbocycles. The van der Waals surface area contributed by atoms with Gasteiger partial charge in [0.2, 0.25) is 0 Å². The van der Waals surface area contributed by atoms with E-state index in [1.807, 2.05) is 32.1 Å². The first-order valence-electron chi connectivity index (χ1n) is 13.4. The van der Waals surface area contributed by atoms with Gasteiger partial charge < -0.3 is 38.6 Å². The van der Waals surface area contributed by atoms with Crippen molar-refractivity contribution in [3.8, 4) is 11.5 Å². The Balaban J connectivity index is 1.90. The monoisotopic (exact) mass is 562 g/mol. The number of amides is 1. The van der Waals surface area contributed by atoms with Gasteiger partial charge in [0.05, 0.1) is 33.0 Å². The van der Waals surface area contributed by atoms with Gasteiger partial charge >= 0.3 is 12.1 Å². The largest absolute Gasteiger partial charge is 0.497 e. The van der Waals surface area contributed by atoms with Crippen LogP contribution in [0.2, 0.25) is 0 Å². The van der Waals surface area contributed by atoms with Gasteiger partial charge in [-0.15, -0.1) is 0 Å². The molecule has 1 aromatic rings. The van der Waals surface area contributed by atoms with Gasteiger partial charge in [-0.05, 0) is 36.8 Å². The van der Waals surface area contributed by atoms with Gasteiger partial charge in [-0.3, -0.25) is 4.79 Å². The molecule has 1 aliphatic heterocycles. The summed E-state index contributed by atoms with van der Waals surface area (Å²) in [5, 5.41) is 6.72. The van der Waals surface area contributed by atoms with E-state index in [2.05, 4.69) is 15.2 Å². The highest BCUT2D eigenvalue weighted by atomic mass is 16.6. The van der Waals surface area contributed by atoms with Gasteiger partial charge in [0.25, 0.3) is 0 Å². The summed E-state index contributed by atoms with van der Waals surface area (Å²) in [4.78, 5) is 28.7. The van der Waals surface area contributed by atoms with Crippen LogP contribution in [0.15, 0.2) is 53.7 Å². The smallest absolute Gasteiger partial charge is 0.407 e. The molecule has 0 spiro atoms. The lowest BCUT2D eigenvalue weighted by atomic mass is 10.0. The second-order valence-electron chi connectivity index (χ2n) is 9.03. The highest BCUT2D eigenvalue weighted by Crippen LogP contribution is 2.24. The van der Waals surface area contributed by atoms with Crippen molar-refractivity contribution in [3.63, 3.8) is 0 Å². The molecule has 40 heavy (non-hydrogen) atoms. The molecule has 0 aliphatic carbocycles. The van der Waals surface area contributed by atoms with E-state index in [0.29, 0.717) is 25.3 Å². The summed E-state index contributed by atoms with van der Waals surface area (Å²) in [5.41, 5.74) is 0. The van der Waals surface area contributed by atoms with E-state index in [-0.39, 0.29) is 37.1 Å². The second kappa shape index (κ2) is 18.7. The molecule has 5 atom stereocenters. The summed E-state index contributed by atoms with van der Waals surface area (Å²) in [6, 6.07) is 7.22. The van der Waals surface area contributed by atoms with Crippen LogP contribution in [-0.4, -0.2) is 83.8 Å². The lowest BCUT2D eigenvalue weighted by Gasteiger charge is -2.32. The van der Waals surface area contributed by atoms with Gasteiger partial charge in [-0.1, -0.05) is 37.2 Å². The molecule has 1 amide bonds. The van der Waals surface area contributed by atoms with Crippen molar-refractivity contribution >= 4 is 18.3 Å². The summed E-state index contributed by atoms with van der Waals surface area (Å²) in [6.45, 7) is 4.76. The molecule has 11 heteroatoms. The molecule has 0 saturated heterocycles. The highest BCUT2D eigenvalue weighted by molar-refractivity contribution is 5.71. The number of methoxy groups -OCH3 is 3. The van der Waals surface area contributed by atoms with Crippen LogP contribution in [0.4, 0.5) is 4.79 Å². The molecular weight excluding hydrogens is 520 g/mol. The molecule has 0 unspecified atom stereocenters. The Labute approximate surface area is 236 Å². The van der Waals surface area contributed by atoms with E-state index in [1.54, 1.807) is 50.8 Å². The van der Waals surface area contributed by atoms with E-state index in [1.165, 1.54) is 7.11 Å². The van der Waals surface area contributed by atoms with Crippen molar-refractivity contribution in [2.75, 3.05) is 41.1 Å². The molecule has 11 nitrogen and oxygen atoms in total. The number of carbonyl (C=O) groups excluding carboxylic acids is 2. The predicted molar refractivity (Wildman–Crippen MR) is 150 cm³/mol. The van der Waals surface area contributed by atoms with E-state index in [9.17, 15) is 9.59 Å². The summed E-state index contributed by atoms with van der Waals surface area (Å²) in [5.74, 6) is 1.03. The second-order valence-corrected chi connectivity index (χ2v) is 9.03. The summed E-state index contributed by atoms with van der Waals surface area (Å²) < 4.78 is 32.9. The number of carbonyl (C=O) groups is 2. The van der Waals surface area contributed by atoms with Gasteiger partial charge in [0.15, 0.2) is 0 Å². The Morgan fingerprint density at radius 2 is 1.88 bits per heavy atom. The number of nitrogens with one attached hydrogen (secondary N) is 1. The fourth-order valence-corrected chi connectivity index (χ4v) is 3.67. The van der Waals surface area contributed by atoms with E-state index >= 15 is 0 Å². The summed E-state index contributed by atoms with van der Waals surface area (Å²) >= 11 is 0. The summed E-state index contributed by atoms with van der Waals surface area (Å²) in [7, 11) is 4.53. The average molecular weight is 563 g/mol. The third-order valence-electron chi connectivity index (χ3n) is 5.98. The average Bonchev–Trinajstić information content (AvgIpc) is 2.97. The number of hydrogen-bond acceptors (Lipinski definition) is 10. The van der Waals surface area contributed by atoms with Crippen LogP contribution in [0.3, 0.4) is 0 Å². The van der Waals surface area contributed by atoms with Crippen LogP contribution in [0.5, 0.6) is 11.5 Å². The molecule has 1 N–H and O–H groups in total. The van der Waals surface area contributed by atoms with Crippen molar-refractivity contribution < 1.29 is 42.8 Å². The Hall–Kier alpha value is -3.57. The molecule has 0 bridgehead atoms. The van der Waals surface area contributed by atoms with Crippen LogP contribution in [0.25, 0.3) is 0 Å². The van der Waals surface area contributed by atoms with Crippen LogP contribution >= 0.6 is 0 Å². The molecule has 0 radical (unpaired) electrons. The maximum absolute atomic E-state index is 12.0. The molecule has 0 fully saturated rings. The standard InChI is InChI=1S/C29H42N2O9/c1-6-17-30-29(33)37-20-27-25(39-23-12-10-22(34-3)11-13-23)15-14-24(40-27)16-18-38-31-19-26(35-4)21(2)8-7-9-28(32)36-5/h7-8,10-15,19,21,24-27H,6,9,16-18,20H2,1-5H3,(H,30,33)/t21-,24+,25+,26-,27-/m1/s1. The first-order chi connectivity index (χ1) is 19.4. The Morgan fingerprint density at radius 3 is 2.55 bits per heavy atom. The van der Waals surface area contributed by atoms with E-state index < -0.39 is 18.3 Å². The quantitative estimate of drug-likeness (QED) is 0.0984. The van der Waals surface area contributed by atoms with Crippen LogP contribution in [-0.2, 0) is 28.6 Å². The molecular formula is C29H42N2O9. The number of benzene rings is 1. The zero-order valence-corrected chi connectivity index (χ0v) is 23.9. The Kier molecular flexibility index (Phi) is 15.2. The number of oxime groups is 1. The van der Waals surface area contributed by atoms with E-state index in [0.717, 1.165) is 12.2 Å². The van der Waals surface area contributed by atoms with Crippen molar-refractivity contribution in [1.82, 2.24) is 5.32 Å². The minimum atomic E-state index is -0.525. The maximum atomic E-state index is 12.0. The number of nitrogens with zero attached hydrogens (tertiary/aromatic N) is 1. The van der Waals surface area contributed by atoms with Crippen LogP contribution in [0.1, 0.15) is 33.1 Å². The molecule has 1 aliphatic rings. The highest BCUT2D eigenvalue weighted by Gasteiger charge is 2.30. The van der Waals surface area contributed by atoms with Gasteiger partial charge in [-0.2, -0.15) is 0 Å². The van der Waals surface area contributed by atoms with Gasteiger partial charge in [0, 0.05) is 26.0 Å². The first-order valence-corrected chi connectivity index (χ1v) is 13.4. The molecule has 1 heterocycles. The lowest BCUT2D eigenvalue weighted by molar-refractivity contribution is -0.139. The van der Waals surface area contributed by atoms with Crippen molar-refractivity contribution in [2.24, 2.45) is 11.1 Å². The maximum Gasteiger partial charge on any atom is 0.407 e. The minimum absolute atomic E-state index is 0.0210. The fraction of sp³-hybridized carbons (Fsp3) is 0.552. The van der Waals surface area contributed by atoms with E-state index in [4.69, 9.17) is 28.5 Å². The molecule has 1 aromatic carbocycles. The Morgan fingerprint density at radius 1 is 1.12 bits per heavy atom. The number of rotatable bonds is 17. The molecule has 2 rings (SSSR count). The van der Waals surface area contributed by atoms with Crippen molar-refractivity contribution in [1.29, 1.82) is 0 Å². The fourth-order valence-electron chi connectivity index (χ4n) is 3.67. The van der Waals surface area contributed by atoms with Crippen LogP contribution in [0, 0.1) is 5.92 Å². The van der Waals surface area contributed by atoms with Crippen LogP contribution < -0.4 is 14.8 Å². The lowest BCUT2D eigenvalue weighted by Crippen LogP contribution is -2.43. The normalized spacial score (nSPS) is 20.2. The molecule has 222 valence electrons. The Bertz CT molecular complexity index is 965. The zero-order valence-electron chi connectivity index (χ0n) is 23.9.